The van der Waals surface area contributed by atoms with E-state index in [-0.39, 0.29) is 29.1 Å². The second kappa shape index (κ2) is 7.31. The number of anilines is 2. The van der Waals surface area contributed by atoms with Crippen LogP contribution in [0.5, 0.6) is 0 Å². The van der Waals surface area contributed by atoms with E-state index in [2.05, 4.69) is 15.3 Å². The molecule has 0 aliphatic carbocycles. The number of hydrogen-bond acceptors (Lipinski definition) is 5. The van der Waals surface area contributed by atoms with Gasteiger partial charge in [0.25, 0.3) is 0 Å². The number of H-pyrrole nitrogens is 2. The number of esters is 1. The van der Waals surface area contributed by atoms with E-state index in [1.54, 1.807) is 35.8 Å². The fraction of sp³-hybridized carbons (Fsp3) is 0.190. The minimum absolute atomic E-state index is 0.0322. The number of imidazole rings is 1. The third kappa shape index (κ3) is 3.18. The number of carbonyl (C=O) groups excluding carboxylic acids is 1. The van der Waals surface area contributed by atoms with E-state index in [1.807, 2.05) is 25.1 Å². The van der Waals surface area contributed by atoms with Crippen molar-refractivity contribution in [3.8, 4) is 0 Å². The van der Waals surface area contributed by atoms with Crippen LogP contribution in [0, 0.1) is 0 Å². The molecule has 8 nitrogen and oxygen atoms in total. The van der Waals surface area contributed by atoms with Gasteiger partial charge in [-0.25, -0.2) is 9.59 Å². The minimum atomic E-state index is -0.635. The summed E-state index contributed by atoms with van der Waals surface area (Å²) in [6, 6.07) is 12.4. The second-order valence-corrected chi connectivity index (χ2v) is 6.50. The highest BCUT2D eigenvalue weighted by atomic mass is 16.5. The fourth-order valence-electron chi connectivity index (χ4n) is 3.40. The molecule has 29 heavy (non-hydrogen) atoms. The summed E-state index contributed by atoms with van der Waals surface area (Å²) in [6.45, 7) is 4.20. The Morgan fingerprint density at radius 3 is 2.52 bits per heavy atom. The number of pyridine rings is 1. The molecule has 2 aromatic heterocycles. The van der Waals surface area contributed by atoms with Crippen molar-refractivity contribution in [1.29, 1.82) is 0 Å². The minimum Gasteiger partial charge on any atom is -0.461 e. The number of hydrogen-bond donors (Lipinski definition) is 3. The number of nitrogens with zero attached hydrogens (tertiary/aromatic N) is 1. The van der Waals surface area contributed by atoms with Crippen molar-refractivity contribution < 1.29 is 9.53 Å². The summed E-state index contributed by atoms with van der Waals surface area (Å²) in [7, 11) is 0. The largest absolute Gasteiger partial charge is 0.461 e. The summed E-state index contributed by atoms with van der Waals surface area (Å²) in [5.41, 5.74) is 1.84. The van der Waals surface area contributed by atoms with Crippen LogP contribution in [0.2, 0.25) is 0 Å². The van der Waals surface area contributed by atoms with Crippen LogP contribution in [0.15, 0.2) is 52.1 Å². The predicted octanol–water partition coefficient (Wildman–Crippen LogP) is 3.11. The van der Waals surface area contributed by atoms with Crippen molar-refractivity contribution >= 4 is 39.3 Å². The van der Waals surface area contributed by atoms with Gasteiger partial charge in [-0.15, -0.1) is 0 Å². The van der Waals surface area contributed by atoms with Crippen molar-refractivity contribution in [2.24, 2.45) is 0 Å². The van der Waals surface area contributed by atoms with Gasteiger partial charge in [-0.05, 0) is 38.1 Å². The molecular formula is C21H20N4O4. The molecule has 0 saturated heterocycles. The summed E-state index contributed by atoms with van der Waals surface area (Å²) >= 11 is 0. The van der Waals surface area contributed by atoms with Crippen LogP contribution in [0.1, 0.15) is 24.3 Å². The van der Waals surface area contributed by atoms with Crippen molar-refractivity contribution in [3.05, 3.63) is 68.9 Å². The first-order valence-corrected chi connectivity index (χ1v) is 9.35. The smallest absolute Gasteiger partial charge is 0.357 e. The molecule has 0 aliphatic rings. The summed E-state index contributed by atoms with van der Waals surface area (Å²) in [6.07, 6.45) is 0. The molecule has 0 fully saturated rings. The number of benzene rings is 2. The Bertz CT molecular complexity index is 1330. The topological polar surface area (TPSA) is 109 Å². The quantitative estimate of drug-likeness (QED) is 0.452. The Morgan fingerprint density at radius 2 is 1.83 bits per heavy atom. The van der Waals surface area contributed by atoms with Gasteiger partial charge in [0.15, 0.2) is 5.69 Å². The van der Waals surface area contributed by atoms with Crippen molar-refractivity contribution in [1.82, 2.24) is 14.5 Å². The van der Waals surface area contributed by atoms with Crippen LogP contribution in [0.4, 0.5) is 11.4 Å². The Kier molecular flexibility index (Phi) is 4.67. The van der Waals surface area contributed by atoms with Crippen LogP contribution in [0.25, 0.3) is 21.9 Å². The average Bonchev–Trinajstić information content (AvgIpc) is 3.03. The molecule has 3 N–H and O–H groups in total. The first-order valence-electron chi connectivity index (χ1n) is 9.35. The Hall–Kier alpha value is -3.81. The molecule has 0 bridgehead atoms. The van der Waals surface area contributed by atoms with E-state index in [1.165, 1.54) is 0 Å². The molecular weight excluding hydrogens is 372 g/mol. The third-order valence-electron chi connectivity index (χ3n) is 4.73. The lowest BCUT2D eigenvalue weighted by atomic mass is 10.1. The van der Waals surface area contributed by atoms with Crippen LogP contribution in [-0.2, 0) is 11.3 Å². The molecule has 4 rings (SSSR count). The Labute approximate surface area is 165 Å². The van der Waals surface area contributed by atoms with Gasteiger partial charge in [0.1, 0.15) is 5.69 Å². The zero-order valence-corrected chi connectivity index (χ0v) is 16.0. The molecule has 8 heteroatoms. The molecule has 148 valence electrons. The lowest BCUT2D eigenvalue weighted by Crippen LogP contribution is -2.19. The number of ether oxygens (including phenoxy) is 1. The number of nitrogens with one attached hydrogen (secondary N) is 3. The highest BCUT2D eigenvalue weighted by Crippen LogP contribution is 2.23. The van der Waals surface area contributed by atoms with Crippen LogP contribution >= 0.6 is 0 Å². The lowest BCUT2D eigenvalue weighted by molar-refractivity contribution is 0.0521. The van der Waals surface area contributed by atoms with Gasteiger partial charge in [0.05, 0.1) is 23.2 Å². The highest BCUT2D eigenvalue weighted by Gasteiger charge is 2.20. The lowest BCUT2D eigenvalue weighted by Gasteiger charge is -2.13. The van der Waals surface area contributed by atoms with Gasteiger partial charge in [0.2, 0.25) is 5.43 Å². The SMILES string of the molecule is CCOC(=O)c1[nH]c2cc3[nH]c(=O)n(CC)c3cc2c(=O)c1Nc1ccccc1. The highest BCUT2D eigenvalue weighted by molar-refractivity contribution is 6.01. The summed E-state index contributed by atoms with van der Waals surface area (Å²) in [5, 5.41) is 3.40. The third-order valence-corrected chi connectivity index (χ3v) is 4.73. The van der Waals surface area contributed by atoms with Gasteiger partial charge in [-0.1, -0.05) is 18.2 Å². The predicted molar refractivity (Wildman–Crippen MR) is 112 cm³/mol. The summed E-state index contributed by atoms with van der Waals surface area (Å²) in [4.78, 5) is 43.8. The van der Waals surface area contributed by atoms with Crippen molar-refractivity contribution in [2.75, 3.05) is 11.9 Å². The standard InChI is InChI=1S/C21H20N4O4/c1-3-25-16-10-13-14(11-15(16)24-21(25)28)23-18(20(27)29-4-2)17(19(13)26)22-12-8-6-5-7-9-12/h5-11,22H,3-4H2,1-2H3,(H,23,26)(H,24,28). The molecule has 0 radical (unpaired) electrons. The molecule has 2 aromatic carbocycles. The first-order chi connectivity index (χ1) is 14.0. The van der Waals surface area contributed by atoms with Gasteiger partial charge >= 0.3 is 11.7 Å². The number of fused-ring (bicyclic) bond motifs is 2. The van der Waals surface area contributed by atoms with Crippen molar-refractivity contribution in [2.45, 2.75) is 20.4 Å². The van der Waals surface area contributed by atoms with E-state index in [9.17, 15) is 14.4 Å². The molecule has 4 aromatic rings. The zero-order valence-electron chi connectivity index (χ0n) is 16.0. The number of aromatic nitrogens is 3. The fourth-order valence-corrected chi connectivity index (χ4v) is 3.40. The molecule has 0 atom stereocenters. The number of aromatic amines is 2. The monoisotopic (exact) mass is 392 g/mol. The van der Waals surface area contributed by atoms with E-state index < -0.39 is 5.97 Å². The zero-order chi connectivity index (χ0) is 20.5. The number of aryl methyl sites for hydroxylation is 1. The Morgan fingerprint density at radius 1 is 1.07 bits per heavy atom. The molecule has 2 heterocycles. The normalized spacial score (nSPS) is 11.1. The van der Waals surface area contributed by atoms with Crippen LogP contribution < -0.4 is 16.4 Å². The van der Waals surface area contributed by atoms with E-state index in [4.69, 9.17) is 4.74 Å². The molecule has 0 unspecified atom stereocenters. The van der Waals surface area contributed by atoms with Crippen LogP contribution in [-0.4, -0.2) is 27.1 Å². The maximum atomic E-state index is 13.3. The maximum Gasteiger partial charge on any atom is 0.357 e. The van der Waals surface area contributed by atoms with Gasteiger partial charge in [-0.2, -0.15) is 0 Å². The van der Waals surface area contributed by atoms with E-state index in [0.717, 1.165) is 0 Å². The van der Waals surface area contributed by atoms with E-state index in [0.29, 0.717) is 34.2 Å². The second-order valence-electron chi connectivity index (χ2n) is 6.50. The Balaban J connectivity index is 2.01. The first kappa shape index (κ1) is 18.5. The summed E-state index contributed by atoms with van der Waals surface area (Å²) < 4.78 is 6.68. The van der Waals surface area contributed by atoms with Gasteiger partial charge in [0, 0.05) is 17.6 Å². The molecule has 0 aliphatic heterocycles. The average molecular weight is 392 g/mol. The molecule has 0 spiro atoms. The van der Waals surface area contributed by atoms with E-state index >= 15 is 0 Å². The number of rotatable bonds is 5. The van der Waals surface area contributed by atoms with Crippen molar-refractivity contribution in [3.63, 3.8) is 0 Å². The number of para-hydroxylation sites is 1. The number of carbonyl (C=O) groups is 1. The van der Waals surface area contributed by atoms with Crippen LogP contribution in [0.3, 0.4) is 0 Å². The van der Waals surface area contributed by atoms with Gasteiger partial charge < -0.3 is 20.0 Å². The molecule has 0 amide bonds. The summed E-state index contributed by atoms with van der Waals surface area (Å²) in [5.74, 6) is -0.635. The maximum absolute atomic E-state index is 13.3. The van der Waals surface area contributed by atoms with Gasteiger partial charge in [-0.3, -0.25) is 9.36 Å². The molecule has 0 saturated carbocycles.